The fraction of sp³-hybridized carbons (Fsp3) is 0.500. The molecule has 1 aliphatic heterocycles. The molecule has 0 fully saturated rings. The summed E-state index contributed by atoms with van der Waals surface area (Å²) in [5.74, 6) is 0.728. The average molecular weight is 99.1 g/mol. The Morgan fingerprint density at radius 2 is 2.43 bits per heavy atom. The minimum atomic E-state index is 0.728. The number of hydrogen-bond acceptors (Lipinski definition) is 3. The zero-order valence-electron chi connectivity index (χ0n) is 4.07. The molecule has 0 atom stereocenters. The molecule has 40 valence electrons. The van der Waals surface area contributed by atoms with Crippen molar-refractivity contribution in [2.75, 3.05) is 13.1 Å². The Morgan fingerprint density at radius 3 is 2.71 bits per heavy atom. The van der Waals surface area contributed by atoms with E-state index in [0.29, 0.717) is 0 Å². The van der Waals surface area contributed by atoms with E-state index in [1.165, 1.54) is 0 Å². The Bertz CT molecular complexity index is 86.9. The highest BCUT2D eigenvalue weighted by Gasteiger charge is 1.91. The van der Waals surface area contributed by atoms with Gasteiger partial charge < -0.3 is 16.4 Å². The highest BCUT2D eigenvalue weighted by Crippen LogP contribution is 1.76. The van der Waals surface area contributed by atoms with E-state index < -0.39 is 0 Å². The topological polar surface area (TPSA) is 50.1 Å². The van der Waals surface area contributed by atoms with Crippen molar-refractivity contribution in [3.63, 3.8) is 0 Å². The first kappa shape index (κ1) is 4.30. The molecule has 4 N–H and O–H groups in total. The molecular formula is C4H9N3. The van der Waals surface area contributed by atoms with Gasteiger partial charge in [-0.3, -0.25) is 0 Å². The van der Waals surface area contributed by atoms with Gasteiger partial charge in [-0.15, -0.1) is 0 Å². The highest BCUT2D eigenvalue weighted by atomic mass is 15.1. The maximum atomic E-state index is 5.32. The zero-order valence-corrected chi connectivity index (χ0v) is 4.07. The summed E-state index contributed by atoms with van der Waals surface area (Å²) >= 11 is 0. The molecule has 1 rings (SSSR count). The van der Waals surface area contributed by atoms with Crippen LogP contribution >= 0.6 is 0 Å². The summed E-state index contributed by atoms with van der Waals surface area (Å²) in [6.07, 6.45) is 1.77. The summed E-state index contributed by atoms with van der Waals surface area (Å²) in [6.45, 7) is 1.91. The summed E-state index contributed by atoms with van der Waals surface area (Å²) in [7, 11) is 0. The van der Waals surface area contributed by atoms with Crippen LogP contribution < -0.4 is 16.4 Å². The third-order valence-electron chi connectivity index (χ3n) is 0.856. The van der Waals surface area contributed by atoms with Gasteiger partial charge in [0.25, 0.3) is 0 Å². The highest BCUT2D eigenvalue weighted by molar-refractivity contribution is 4.95. The van der Waals surface area contributed by atoms with Crippen molar-refractivity contribution in [1.29, 1.82) is 0 Å². The van der Waals surface area contributed by atoms with Crippen molar-refractivity contribution in [3.8, 4) is 0 Å². The van der Waals surface area contributed by atoms with Crippen molar-refractivity contribution < 1.29 is 0 Å². The first-order valence-electron chi connectivity index (χ1n) is 2.32. The van der Waals surface area contributed by atoms with Gasteiger partial charge in [-0.1, -0.05) is 0 Å². The van der Waals surface area contributed by atoms with Gasteiger partial charge >= 0.3 is 0 Å². The van der Waals surface area contributed by atoms with Gasteiger partial charge in [-0.2, -0.15) is 0 Å². The molecule has 0 spiro atoms. The molecule has 7 heavy (non-hydrogen) atoms. The van der Waals surface area contributed by atoms with E-state index in [1.54, 1.807) is 6.20 Å². The molecule has 3 nitrogen and oxygen atoms in total. The van der Waals surface area contributed by atoms with Gasteiger partial charge in [0.1, 0.15) is 5.82 Å². The predicted molar refractivity (Wildman–Crippen MR) is 28.3 cm³/mol. The molecule has 1 aliphatic rings. The molecule has 0 aromatic rings. The maximum Gasteiger partial charge on any atom is 0.112 e. The van der Waals surface area contributed by atoms with Gasteiger partial charge in [-0.25, -0.2) is 0 Å². The van der Waals surface area contributed by atoms with Gasteiger partial charge in [0.2, 0.25) is 0 Å². The molecular weight excluding hydrogens is 90.1 g/mol. The molecule has 0 bridgehead atoms. The number of nitrogens with one attached hydrogen (secondary N) is 2. The van der Waals surface area contributed by atoms with Crippen molar-refractivity contribution >= 4 is 0 Å². The van der Waals surface area contributed by atoms with E-state index >= 15 is 0 Å². The Balaban J connectivity index is 2.40. The fourth-order valence-electron chi connectivity index (χ4n) is 0.512. The largest absolute Gasteiger partial charge is 0.386 e. The quantitative estimate of drug-likeness (QED) is 0.362. The van der Waals surface area contributed by atoms with Crippen LogP contribution in [0.3, 0.4) is 0 Å². The van der Waals surface area contributed by atoms with Crippen LogP contribution in [0.15, 0.2) is 12.0 Å². The van der Waals surface area contributed by atoms with E-state index in [0.717, 1.165) is 18.9 Å². The van der Waals surface area contributed by atoms with Crippen LogP contribution in [0.4, 0.5) is 0 Å². The Hall–Kier alpha value is -0.860. The Labute approximate surface area is 42.6 Å². The van der Waals surface area contributed by atoms with Gasteiger partial charge in [0, 0.05) is 19.3 Å². The van der Waals surface area contributed by atoms with Crippen LogP contribution in [0.2, 0.25) is 0 Å². The SMILES string of the molecule is NC1=CNCCN1. The van der Waals surface area contributed by atoms with Crippen LogP contribution in [-0.4, -0.2) is 13.1 Å². The van der Waals surface area contributed by atoms with E-state index in [4.69, 9.17) is 5.73 Å². The molecule has 0 radical (unpaired) electrons. The first-order valence-corrected chi connectivity index (χ1v) is 2.32. The third-order valence-corrected chi connectivity index (χ3v) is 0.856. The molecule has 0 amide bonds. The smallest absolute Gasteiger partial charge is 0.112 e. The lowest BCUT2D eigenvalue weighted by molar-refractivity contribution is 0.679. The Morgan fingerprint density at radius 1 is 1.57 bits per heavy atom. The van der Waals surface area contributed by atoms with E-state index in [1.807, 2.05) is 0 Å². The van der Waals surface area contributed by atoms with Crippen molar-refractivity contribution in [2.24, 2.45) is 5.73 Å². The second-order valence-corrected chi connectivity index (χ2v) is 1.48. The third kappa shape index (κ3) is 0.994. The number of nitrogens with two attached hydrogens (primary N) is 1. The van der Waals surface area contributed by atoms with Gasteiger partial charge in [-0.05, 0) is 0 Å². The van der Waals surface area contributed by atoms with Crippen molar-refractivity contribution in [2.45, 2.75) is 0 Å². The summed E-state index contributed by atoms with van der Waals surface area (Å²) < 4.78 is 0. The second kappa shape index (κ2) is 1.73. The first-order chi connectivity index (χ1) is 3.39. The summed E-state index contributed by atoms with van der Waals surface area (Å²) in [5, 5.41) is 5.94. The molecule has 0 saturated heterocycles. The van der Waals surface area contributed by atoms with Crippen molar-refractivity contribution in [1.82, 2.24) is 10.6 Å². The standard InChI is InChI=1S/C4H9N3/c5-4-3-6-1-2-7-4/h3,6-7H,1-2,5H2. The zero-order chi connectivity index (χ0) is 5.11. The van der Waals surface area contributed by atoms with Crippen LogP contribution in [0.25, 0.3) is 0 Å². The predicted octanol–water partition coefficient (Wildman–Crippen LogP) is -1.06. The minimum absolute atomic E-state index is 0.728. The molecule has 0 aliphatic carbocycles. The maximum absolute atomic E-state index is 5.32. The van der Waals surface area contributed by atoms with Gasteiger partial charge in [0.05, 0.1) is 0 Å². The average Bonchev–Trinajstić information content (AvgIpc) is 1.69. The fourth-order valence-corrected chi connectivity index (χ4v) is 0.512. The molecule has 0 saturated carbocycles. The molecule has 0 unspecified atom stereocenters. The lowest BCUT2D eigenvalue weighted by Gasteiger charge is -2.11. The molecule has 1 heterocycles. The van der Waals surface area contributed by atoms with Gasteiger partial charge in [0.15, 0.2) is 0 Å². The summed E-state index contributed by atoms with van der Waals surface area (Å²) in [5.41, 5.74) is 5.32. The van der Waals surface area contributed by atoms with E-state index in [9.17, 15) is 0 Å². The van der Waals surface area contributed by atoms with Crippen LogP contribution in [0, 0.1) is 0 Å². The monoisotopic (exact) mass is 99.1 g/mol. The number of rotatable bonds is 0. The van der Waals surface area contributed by atoms with Crippen LogP contribution in [0.5, 0.6) is 0 Å². The van der Waals surface area contributed by atoms with E-state index in [2.05, 4.69) is 10.6 Å². The molecule has 3 heteroatoms. The van der Waals surface area contributed by atoms with E-state index in [-0.39, 0.29) is 0 Å². The summed E-state index contributed by atoms with van der Waals surface area (Å²) in [6, 6.07) is 0. The minimum Gasteiger partial charge on any atom is -0.386 e. The Kier molecular flexibility index (Phi) is 1.06. The van der Waals surface area contributed by atoms with Crippen molar-refractivity contribution in [3.05, 3.63) is 12.0 Å². The second-order valence-electron chi connectivity index (χ2n) is 1.48. The normalized spacial score (nSPS) is 19.1. The number of hydrogen-bond donors (Lipinski definition) is 3. The molecule has 0 aromatic heterocycles. The lowest BCUT2D eigenvalue weighted by Crippen LogP contribution is -2.34. The molecule has 0 aromatic carbocycles. The van der Waals surface area contributed by atoms with Crippen LogP contribution in [0.1, 0.15) is 0 Å². The lowest BCUT2D eigenvalue weighted by atomic mass is 10.5. The summed E-state index contributed by atoms with van der Waals surface area (Å²) in [4.78, 5) is 0. The van der Waals surface area contributed by atoms with Crippen LogP contribution in [-0.2, 0) is 0 Å².